The maximum atomic E-state index is 12.4. The number of amides is 1. The summed E-state index contributed by atoms with van der Waals surface area (Å²) in [5, 5.41) is 23.7. The fourth-order valence-electron chi connectivity index (χ4n) is 4.22. The zero-order valence-corrected chi connectivity index (χ0v) is 23.3. The number of aromatic nitrogens is 3. The van der Waals surface area contributed by atoms with Crippen LogP contribution < -0.4 is 5.32 Å². The first-order valence-corrected chi connectivity index (χ1v) is 14.3. The monoisotopic (exact) mass is 538 g/mol. The normalized spacial score (nSPS) is 12.0. The van der Waals surface area contributed by atoms with Gasteiger partial charge in [-0.1, -0.05) is 43.8 Å². The molecular weight excluding hydrogens is 500 g/mol. The van der Waals surface area contributed by atoms with E-state index >= 15 is 0 Å². The number of para-hydroxylation sites is 1. The summed E-state index contributed by atoms with van der Waals surface area (Å²) in [6.07, 6.45) is 4.27. The first kappa shape index (κ1) is 29.3. The molecule has 3 rings (SSSR count). The van der Waals surface area contributed by atoms with Gasteiger partial charge in [0.25, 0.3) is 5.69 Å². The summed E-state index contributed by atoms with van der Waals surface area (Å²) in [7, 11) is 0. The molecule has 0 radical (unpaired) electrons. The van der Waals surface area contributed by atoms with E-state index in [-0.39, 0.29) is 17.6 Å². The van der Waals surface area contributed by atoms with E-state index in [0.717, 1.165) is 67.5 Å². The second-order valence-electron chi connectivity index (χ2n) is 9.22. The van der Waals surface area contributed by atoms with Gasteiger partial charge in [0.2, 0.25) is 5.91 Å². The topological polar surface area (TPSA) is 106 Å². The fourth-order valence-corrected chi connectivity index (χ4v) is 5.17. The van der Waals surface area contributed by atoms with Gasteiger partial charge in [0.1, 0.15) is 0 Å². The molecule has 0 saturated carbocycles. The molecule has 1 atom stereocenters. The van der Waals surface area contributed by atoms with Crippen LogP contribution in [0.2, 0.25) is 0 Å². The fraction of sp³-hybridized carbons (Fsp3) is 0.464. The third kappa shape index (κ3) is 8.66. The number of benzene rings is 2. The Labute approximate surface area is 229 Å². The molecule has 0 fully saturated rings. The van der Waals surface area contributed by atoms with Crippen molar-refractivity contribution in [3.8, 4) is 17.1 Å². The molecule has 204 valence electrons. The van der Waals surface area contributed by atoms with E-state index in [1.165, 1.54) is 12.1 Å². The molecule has 1 N–H and O–H groups in total. The number of unbranched alkanes of at least 4 members (excludes halogenated alkanes) is 1. The number of carbonyl (C=O) groups excluding carboxylic acids is 1. The maximum Gasteiger partial charge on any atom is 0.269 e. The van der Waals surface area contributed by atoms with Crippen molar-refractivity contribution in [3.05, 3.63) is 64.7 Å². The van der Waals surface area contributed by atoms with Crippen LogP contribution in [0, 0.1) is 10.1 Å². The molecule has 1 unspecified atom stereocenters. The van der Waals surface area contributed by atoms with E-state index < -0.39 is 4.92 Å². The minimum Gasteiger partial charge on any atom is -0.354 e. The molecule has 1 aromatic heterocycles. The molecule has 0 aliphatic rings. The summed E-state index contributed by atoms with van der Waals surface area (Å²) in [5.74, 6) is 1.54. The van der Waals surface area contributed by atoms with E-state index in [1.807, 2.05) is 34.9 Å². The molecule has 0 aliphatic heterocycles. The van der Waals surface area contributed by atoms with Gasteiger partial charge < -0.3 is 10.2 Å². The summed E-state index contributed by atoms with van der Waals surface area (Å²) >= 11 is 1.59. The van der Waals surface area contributed by atoms with Crippen LogP contribution in [0.5, 0.6) is 0 Å². The Hall–Kier alpha value is -3.24. The van der Waals surface area contributed by atoms with Crippen LogP contribution in [0.3, 0.4) is 0 Å². The number of nitro benzene ring substituents is 1. The first-order valence-electron chi connectivity index (χ1n) is 13.3. The van der Waals surface area contributed by atoms with E-state index in [1.54, 1.807) is 23.9 Å². The Bertz CT molecular complexity index is 1150. The van der Waals surface area contributed by atoms with Crippen molar-refractivity contribution in [1.29, 1.82) is 0 Å². The number of carbonyl (C=O) groups is 1. The summed E-state index contributed by atoms with van der Waals surface area (Å²) in [5.41, 5.74) is 1.71. The minimum absolute atomic E-state index is 0.0344. The third-order valence-electron chi connectivity index (χ3n) is 6.43. The SMILES string of the molecule is CCN(CC)CCCC(C)NC(=O)CCCCSc1nnc(-c2ccc([N+](=O)[O-])cc2)n1-c1ccccc1. The summed E-state index contributed by atoms with van der Waals surface area (Å²) in [4.78, 5) is 25.4. The lowest BCUT2D eigenvalue weighted by Gasteiger charge is -2.19. The third-order valence-corrected chi connectivity index (χ3v) is 7.44. The molecule has 9 nitrogen and oxygen atoms in total. The van der Waals surface area contributed by atoms with Gasteiger partial charge in [-0.15, -0.1) is 10.2 Å². The lowest BCUT2D eigenvalue weighted by Crippen LogP contribution is -2.33. The molecule has 0 aliphatic carbocycles. The van der Waals surface area contributed by atoms with E-state index in [9.17, 15) is 14.9 Å². The molecule has 3 aromatic rings. The Morgan fingerprint density at radius 3 is 2.42 bits per heavy atom. The van der Waals surface area contributed by atoms with Crippen molar-refractivity contribution >= 4 is 23.4 Å². The number of non-ortho nitro benzene ring substituents is 1. The maximum absolute atomic E-state index is 12.4. The highest BCUT2D eigenvalue weighted by Gasteiger charge is 2.17. The minimum atomic E-state index is -0.415. The Kier molecular flexibility index (Phi) is 11.8. The Balaban J connectivity index is 1.51. The second-order valence-corrected chi connectivity index (χ2v) is 10.3. The zero-order chi connectivity index (χ0) is 27.3. The summed E-state index contributed by atoms with van der Waals surface area (Å²) in [6.45, 7) is 9.64. The average Bonchev–Trinajstić information content (AvgIpc) is 3.35. The highest BCUT2D eigenvalue weighted by Crippen LogP contribution is 2.29. The van der Waals surface area contributed by atoms with Gasteiger partial charge in [0.15, 0.2) is 11.0 Å². The lowest BCUT2D eigenvalue weighted by atomic mass is 10.1. The molecule has 0 spiro atoms. The highest BCUT2D eigenvalue weighted by atomic mass is 32.2. The largest absolute Gasteiger partial charge is 0.354 e. The number of nitrogens with one attached hydrogen (secondary N) is 1. The van der Waals surface area contributed by atoms with Crippen LogP contribution >= 0.6 is 11.8 Å². The van der Waals surface area contributed by atoms with E-state index in [2.05, 4.69) is 41.2 Å². The van der Waals surface area contributed by atoms with Gasteiger partial charge in [-0.2, -0.15) is 0 Å². The van der Waals surface area contributed by atoms with Gasteiger partial charge in [-0.05, 0) is 76.5 Å². The lowest BCUT2D eigenvalue weighted by molar-refractivity contribution is -0.384. The zero-order valence-electron chi connectivity index (χ0n) is 22.5. The van der Waals surface area contributed by atoms with Gasteiger partial charge in [-0.25, -0.2) is 0 Å². The molecule has 0 bridgehead atoms. The van der Waals surface area contributed by atoms with Crippen molar-refractivity contribution in [1.82, 2.24) is 25.0 Å². The highest BCUT2D eigenvalue weighted by molar-refractivity contribution is 7.99. The second kappa shape index (κ2) is 15.2. The number of thioether (sulfide) groups is 1. The van der Waals surface area contributed by atoms with Crippen molar-refractivity contribution in [2.75, 3.05) is 25.4 Å². The number of nitrogens with zero attached hydrogens (tertiary/aromatic N) is 5. The average molecular weight is 539 g/mol. The van der Waals surface area contributed by atoms with Crippen molar-refractivity contribution in [3.63, 3.8) is 0 Å². The van der Waals surface area contributed by atoms with Crippen LogP contribution in [-0.4, -0.2) is 61.9 Å². The van der Waals surface area contributed by atoms with Crippen LogP contribution in [-0.2, 0) is 4.79 Å². The summed E-state index contributed by atoms with van der Waals surface area (Å²) in [6, 6.07) is 16.3. The Morgan fingerprint density at radius 2 is 1.76 bits per heavy atom. The molecule has 38 heavy (non-hydrogen) atoms. The van der Waals surface area contributed by atoms with Crippen molar-refractivity contribution in [2.45, 2.75) is 64.1 Å². The van der Waals surface area contributed by atoms with Crippen LogP contribution in [0.4, 0.5) is 5.69 Å². The number of hydrogen-bond acceptors (Lipinski definition) is 7. The molecule has 2 aromatic carbocycles. The van der Waals surface area contributed by atoms with Crippen molar-refractivity contribution < 1.29 is 9.72 Å². The van der Waals surface area contributed by atoms with Crippen LogP contribution in [0.25, 0.3) is 17.1 Å². The quantitative estimate of drug-likeness (QED) is 0.107. The van der Waals surface area contributed by atoms with Crippen LogP contribution in [0.1, 0.15) is 52.9 Å². The van der Waals surface area contributed by atoms with Gasteiger partial charge in [0, 0.05) is 41.6 Å². The number of nitro groups is 1. The van der Waals surface area contributed by atoms with Crippen molar-refractivity contribution in [2.24, 2.45) is 0 Å². The molecular formula is C28H38N6O3S. The molecule has 0 saturated heterocycles. The predicted octanol–water partition coefficient (Wildman–Crippen LogP) is 5.73. The Morgan fingerprint density at radius 1 is 1.05 bits per heavy atom. The van der Waals surface area contributed by atoms with Crippen LogP contribution in [0.15, 0.2) is 59.8 Å². The van der Waals surface area contributed by atoms with Gasteiger partial charge in [0.05, 0.1) is 4.92 Å². The summed E-state index contributed by atoms with van der Waals surface area (Å²) < 4.78 is 1.97. The predicted molar refractivity (Wildman–Crippen MR) is 153 cm³/mol. The number of hydrogen-bond donors (Lipinski definition) is 1. The number of rotatable bonds is 16. The first-order chi connectivity index (χ1) is 18.4. The standard InChI is InChI=1S/C28H38N6O3S/c1-4-32(5-2)20-11-12-22(3)29-26(35)15-9-10-21-38-28-31-30-27(33(28)24-13-7-6-8-14-24)23-16-18-25(19-17-23)34(36)37/h6-8,13-14,16-19,22H,4-5,9-12,15,20-21H2,1-3H3,(H,29,35). The van der Waals surface area contributed by atoms with E-state index in [0.29, 0.717) is 12.2 Å². The molecule has 1 heterocycles. The molecule has 10 heteroatoms. The van der Waals surface area contributed by atoms with Gasteiger partial charge in [-0.3, -0.25) is 19.5 Å². The smallest absolute Gasteiger partial charge is 0.269 e. The van der Waals surface area contributed by atoms with Gasteiger partial charge >= 0.3 is 0 Å². The molecule has 1 amide bonds. The van der Waals surface area contributed by atoms with E-state index in [4.69, 9.17) is 0 Å².